The molecule has 0 aliphatic heterocycles. The van der Waals surface area contributed by atoms with Crippen LogP contribution in [0.5, 0.6) is 0 Å². The molecule has 1 heterocycles. The van der Waals surface area contributed by atoms with Crippen LogP contribution < -0.4 is 5.32 Å². The number of ether oxygens (including phenoxy) is 1. The van der Waals surface area contributed by atoms with Gasteiger partial charge < -0.3 is 10.1 Å². The molecule has 0 aliphatic rings. The van der Waals surface area contributed by atoms with Gasteiger partial charge in [0.2, 0.25) is 5.13 Å². The maximum Gasteiger partial charge on any atom is 0.202 e. The number of nitrogens with zero attached hydrogens (tertiary/aromatic N) is 2. The van der Waals surface area contributed by atoms with E-state index in [0.29, 0.717) is 0 Å². The summed E-state index contributed by atoms with van der Waals surface area (Å²) in [7, 11) is 1.70. The van der Waals surface area contributed by atoms with Crippen molar-refractivity contribution < 1.29 is 4.74 Å². The molecule has 0 aliphatic carbocycles. The van der Waals surface area contributed by atoms with Crippen molar-refractivity contribution in [3.8, 4) is 0 Å². The smallest absolute Gasteiger partial charge is 0.202 e. The van der Waals surface area contributed by atoms with Crippen molar-refractivity contribution in [1.82, 2.24) is 9.36 Å². The summed E-state index contributed by atoms with van der Waals surface area (Å²) in [6.45, 7) is 8.32. The van der Waals surface area contributed by atoms with E-state index in [2.05, 4.69) is 35.4 Å². The largest absolute Gasteiger partial charge is 0.381 e. The summed E-state index contributed by atoms with van der Waals surface area (Å²) in [4.78, 5) is 4.40. The molecule has 1 aromatic heterocycles. The number of methoxy groups -OCH3 is 1. The highest BCUT2D eigenvalue weighted by molar-refractivity contribution is 7.09. The van der Waals surface area contributed by atoms with Crippen molar-refractivity contribution in [2.75, 3.05) is 12.4 Å². The van der Waals surface area contributed by atoms with Crippen molar-refractivity contribution >= 4 is 16.7 Å². The summed E-state index contributed by atoms with van der Waals surface area (Å²) >= 11 is 1.40. The van der Waals surface area contributed by atoms with Crippen molar-refractivity contribution in [2.24, 2.45) is 0 Å². The zero-order valence-electron chi connectivity index (χ0n) is 10.00. The predicted molar refractivity (Wildman–Crippen MR) is 63.5 cm³/mol. The molecule has 5 heteroatoms. The van der Waals surface area contributed by atoms with E-state index in [4.69, 9.17) is 4.74 Å². The van der Waals surface area contributed by atoms with E-state index in [1.54, 1.807) is 7.11 Å². The number of anilines is 1. The summed E-state index contributed by atoms with van der Waals surface area (Å²) in [5, 5.41) is 4.17. The quantitative estimate of drug-likeness (QED) is 0.860. The Labute approximate surface area is 95.2 Å². The van der Waals surface area contributed by atoms with Crippen molar-refractivity contribution in [2.45, 2.75) is 45.8 Å². The van der Waals surface area contributed by atoms with Gasteiger partial charge in [0.15, 0.2) is 0 Å². The molecule has 0 saturated carbocycles. The molecular formula is C10H19N3OS. The maximum atomic E-state index is 5.17. The highest BCUT2D eigenvalue weighted by Crippen LogP contribution is 2.17. The average molecular weight is 229 g/mol. The Balaban J connectivity index is 2.56. The first-order chi connectivity index (χ1) is 6.90. The molecule has 4 nitrogen and oxygen atoms in total. The third-order valence-electron chi connectivity index (χ3n) is 1.82. The first kappa shape index (κ1) is 12.4. The van der Waals surface area contributed by atoms with Crippen molar-refractivity contribution in [1.29, 1.82) is 0 Å². The molecule has 0 amide bonds. The molecule has 86 valence electrons. The lowest BCUT2D eigenvalue weighted by Gasteiger charge is -2.18. The number of hydrogen-bond acceptors (Lipinski definition) is 5. The summed E-state index contributed by atoms with van der Waals surface area (Å²) in [5.74, 6) is 0.848. The Hall–Kier alpha value is -0.680. The highest BCUT2D eigenvalue weighted by Gasteiger charge is 2.13. The van der Waals surface area contributed by atoms with E-state index >= 15 is 0 Å². The van der Waals surface area contributed by atoms with Crippen LogP contribution in [-0.2, 0) is 11.2 Å². The summed E-state index contributed by atoms with van der Waals surface area (Å²) in [6.07, 6.45) is 0.931. The van der Waals surface area contributed by atoms with Crippen LogP contribution in [0.15, 0.2) is 0 Å². The van der Waals surface area contributed by atoms with Crippen LogP contribution in [0, 0.1) is 0 Å². The topological polar surface area (TPSA) is 47.0 Å². The number of nitrogens with one attached hydrogen (secondary N) is 1. The predicted octanol–water partition coefficient (Wildman–Crippen LogP) is 2.33. The Kier molecular flexibility index (Phi) is 4.04. The lowest BCUT2D eigenvalue weighted by atomic mass is 10.1. The molecular weight excluding hydrogens is 210 g/mol. The second kappa shape index (κ2) is 4.90. The van der Waals surface area contributed by atoms with Crippen molar-refractivity contribution in [3.05, 3.63) is 5.82 Å². The van der Waals surface area contributed by atoms with Crippen LogP contribution >= 0.6 is 11.5 Å². The standard InChI is InChI=1S/C10H19N3OS/c1-7(14-5)6-8-11-9(15-13-8)12-10(2,3)4/h7H,6H2,1-5H3,(H,11,12,13). The molecule has 15 heavy (non-hydrogen) atoms. The second-order valence-corrected chi connectivity index (χ2v) is 5.39. The molecule has 0 bridgehead atoms. The molecule has 0 fully saturated rings. The van der Waals surface area contributed by atoms with Crippen LogP contribution in [0.2, 0.25) is 0 Å². The van der Waals surface area contributed by atoms with Gasteiger partial charge in [-0.1, -0.05) is 0 Å². The van der Waals surface area contributed by atoms with E-state index in [1.165, 1.54) is 11.5 Å². The van der Waals surface area contributed by atoms with Gasteiger partial charge in [0, 0.05) is 30.6 Å². The lowest BCUT2D eigenvalue weighted by molar-refractivity contribution is 0.117. The molecule has 1 rings (SSSR count). The van der Waals surface area contributed by atoms with Gasteiger partial charge in [-0.05, 0) is 27.7 Å². The Bertz CT molecular complexity index is 306. The SMILES string of the molecule is COC(C)Cc1nsc(NC(C)(C)C)n1. The summed E-state index contributed by atoms with van der Waals surface area (Å²) in [5.41, 5.74) is 0.0314. The van der Waals surface area contributed by atoms with E-state index in [9.17, 15) is 0 Å². The molecule has 0 radical (unpaired) electrons. The third kappa shape index (κ3) is 4.57. The van der Waals surface area contributed by atoms with Gasteiger partial charge in [-0.2, -0.15) is 4.37 Å². The molecule has 1 aromatic rings. The Morgan fingerprint density at radius 2 is 2.13 bits per heavy atom. The minimum absolute atomic E-state index is 0.0314. The fourth-order valence-corrected chi connectivity index (χ4v) is 1.85. The van der Waals surface area contributed by atoms with Crippen LogP contribution in [0.25, 0.3) is 0 Å². The summed E-state index contributed by atoms with van der Waals surface area (Å²) < 4.78 is 9.44. The van der Waals surface area contributed by atoms with E-state index in [-0.39, 0.29) is 11.6 Å². The van der Waals surface area contributed by atoms with Gasteiger partial charge in [-0.25, -0.2) is 4.98 Å². The molecule has 1 N–H and O–H groups in total. The van der Waals surface area contributed by atoms with Gasteiger partial charge in [0.1, 0.15) is 5.82 Å². The van der Waals surface area contributed by atoms with Crippen LogP contribution in [0.4, 0.5) is 5.13 Å². The maximum absolute atomic E-state index is 5.17. The van der Waals surface area contributed by atoms with Gasteiger partial charge in [-0.3, -0.25) is 0 Å². The van der Waals surface area contributed by atoms with Gasteiger partial charge >= 0.3 is 0 Å². The minimum Gasteiger partial charge on any atom is -0.381 e. The van der Waals surface area contributed by atoms with Crippen LogP contribution in [0.1, 0.15) is 33.5 Å². The normalized spacial score (nSPS) is 13.9. The molecule has 0 spiro atoms. The first-order valence-corrected chi connectivity index (χ1v) is 5.81. The van der Waals surface area contributed by atoms with Gasteiger partial charge in [0.05, 0.1) is 6.10 Å². The van der Waals surface area contributed by atoms with Crippen LogP contribution in [-0.4, -0.2) is 28.1 Å². The fourth-order valence-electron chi connectivity index (χ4n) is 1.05. The van der Waals surface area contributed by atoms with Gasteiger partial charge in [0.25, 0.3) is 0 Å². The molecule has 1 unspecified atom stereocenters. The second-order valence-electron chi connectivity index (χ2n) is 4.64. The zero-order chi connectivity index (χ0) is 11.5. The number of rotatable bonds is 4. The highest BCUT2D eigenvalue weighted by atomic mass is 32.1. The van der Waals surface area contributed by atoms with E-state index in [1.807, 2.05) is 6.92 Å². The molecule has 0 aromatic carbocycles. The third-order valence-corrected chi connectivity index (χ3v) is 2.49. The number of hydrogen-bond donors (Lipinski definition) is 1. The van der Waals surface area contributed by atoms with Gasteiger partial charge in [-0.15, -0.1) is 0 Å². The van der Waals surface area contributed by atoms with Crippen molar-refractivity contribution in [3.63, 3.8) is 0 Å². The monoisotopic (exact) mass is 229 g/mol. The molecule has 1 atom stereocenters. The molecule has 0 saturated heterocycles. The average Bonchev–Trinajstić information content (AvgIpc) is 2.49. The zero-order valence-corrected chi connectivity index (χ0v) is 10.8. The lowest BCUT2D eigenvalue weighted by Crippen LogP contribution is -2.25. The summed E-state index contributed by atoms with van der Waals surface area (Å²) in [6, 6.07) is 0. The Morgan fingerprint density at radius 3 is 2.67 bits per heavy atom. The van der Waals surface area contributed by atoms with Crippen LogP contribution in [0.3, 0.4) is 0 Å². The fraction of sp³-hybridized carbons (Fsp3) is 0.800. The minimum atomic E-state index is 0.0314. The van der Waals surface area contributed by atoms with E-state index < -0.39 is 0 Å². The number of aromatic nitrogens is 2. The Morgan fingerprint density at radius 1 is 1.47 bits per heavy atom. The van der Waals surface area contributed by atoms with E-state index in [0.717, 1.165) is 17.4 Å². The first-order valence-electron chi connectivity index (χ1n) is 5.04.